The minimum absolute atomic E-state index is 0.492. The molecule has 0 aliphatic rings. The van der Waals surface area contributed by atoms with Crippen molar-refractivity contribution in [3.05, 3.63) is 59.6 Å². The Bertz CT molecular complexity index is 797. The number of hydrogen-bond donors (Lipinski definition) is 1. The largest absolute Gasteiger partial charge is 0.462 e. The number of amides is 1. The number of benzene rings is 1. The lowest BCUT2D eigenvalue weighted by atomic mass is 10.0. The maximum absolute atomic E-state index is 12.1. The third-order valence-electron chi connectivity index (χ3n) is 3.13. The Morgan fingerprint density at radius 2 is 2.04 bits per heavy atom. The number of aryl methyl sites for hydroxylation is 2. The minimum Gasteiger partial charge on any atom is -0.462 e. The Kier molecular flexibility index (Phi) is 5.11. The zero-order chi connectivity index (χ0) is 16.8. The van der Waals surface area contributed by atoms with E-state index < -0.39 is 17.6 Å². The number of hydrogen-bond acceptors (Lipinski definition) is 4. The van der Waals surface area contributed by atoms with E-state index >= 15 is 0 Å². The first-order chi connectivity index (χ1) is 11.0. The van der Waals surface area contributed by atoms with E-state index in [1.165, 1.54) is 12.2 Å². The molecule has 0 bridgehead atoms. The van der Waals surface area contributed by atoms with Gasteiger partial charge in [-0.1, -0.05) is 12.1 Å². The molecule has 116 valence electrons. The van der Waals surface area contributed by atoms with Crippen LogP contribution in [0.15, 0.2) is 46.9 Å². The second-order valence-corrected chi connectivity index (χ2v) is 5.10. The van der Waals surface area contributed by atoms with E-state index in [1.807, 2.05) is 13.0 Å². The number of carbonyl (C=O) groups excluding carboxylic acids is 2. The third-order valence-corrected chi connectivity index (χ3v) is 3.13. The maximum Gasteiger partial charge on any atom is 0.249 e. The number of nitrogens with one attached hydrogen (secondary N) is 1. The van der Waals surface area contributed by atoms with Crippen LogP contribution in [0.3, 0.4) is 0 Å². The Hall–Kier alpha value is -3.13. The van der Waals surface area contributed by atoms with Crippen LogP contribution in [0.4, 0.5) is 5.69 Å². The van der Waals surface area contributed by atoms with Gasteiger partial charge in [0.25, 0.3) is 0 Å². The highest BCUT2D eigenvalue weighted by Crippen LogP contribution is 2.13. The normalized spacial score (nSPS) is 11.9. The summed E-state index contributed by atoms with van der Waals surface area (Å²) in [5.41, 5.74) is 1.52. The molecule has 1 atom stereocenters. The molecule has 23 heavy (non-hydrogen) atoms. The molecule has 1 aromatic heterocycles. The molecule has 0 radical (unpaired) electrons. The lowest BCUT2D eigenvalue weighted by Gasteiger charge is -2.08. The molecule has 1 amide bonds. The van der Waals surface area contributed by atoms with Gasteiger partial charge in [0.1, 0.15) is 11.5 Å². The van der Waals surface area contributed by atoms with E-state index in [2.05, 4.69) is 5.32 Å². The third kappa shape index (κ3) is 4.42. The van der Waals surface area contributed by atoms with Crippen molar-refractivity contribution in [3.63, 3.8) is 0 Å². The van der Waals surface area contributed by atoms with Gasteiger partial charge in [0.2, 0.25) is 5.91 Å². The van der Waals surface area contributed by atoms with Gasteiger partial charge in [-0.2, -0.15) is 5.26 Å². The van der Waals surface area contributed by atoms with Gasteiger partial charge < -0.3 is 9.73 Å². The topological polar surface area (TPSA) is 83.1 Å². The van der Waals surface area contributed by atoms with Crippen molar-refractivity contribution in [1.29, 1.82) is 5.26 Å². The van der Waals surface area contributed by atoms with Gasteiger partial charge in [-0.3, -0.25) is 9.59 Å². The fourth-order valence-electron chi connectivity index (χ4n) is 1.99. The highest BCUT2D eigenvalue weighted by molar-refractivity contribution is 6.14. The predicted molar refractivity (Wildman–Crippen MR) is 86.4 cm³/mol. The minimum atomic E-state index is -1.40. The summed E-state index contributed by atoms with van der Waals surface area (Å²) in [6.45, 7) is 3.67. The fourth-order valence-corrected chi connectivity index (χ4v) is 1.99. The van der Waals surface area contributed by atoms with E-state index in [9.17, 15) is 9.59 Å². The zero-order valence-electron chi connectivity index (χ0n) is 12.9. The number of furan rings is 1. The smallest absolute Gasteiger partial charge is 0.249 e. The van der Waals surface area contributed by atoms with Gasteiger partial charge in [0.15, 0.2) is 11.7 Å². The van der Waals surface area contributed by atoms with Crippen molar-refractivity contribution in [2.24, 2.45) is 5.92 Å². The molecule has 1 unspecified atom stereocenters. The molecule has 5 nitrogen and oxygen atoms in total. The predicted octanol–water partition coefficient (Wildman–Crippen LogP) is 3.26. The molecule has 0 spiro atoms. The van der Waals surface area contributed by atoms with Gasteiger partial charge in [-0.05, 0) is 55.8 Å². The summed E-state index contributed by atoms with van der Waals surface area (Å²) < 4.78 is 5.29. The molecular formula is C18H16N2O3. The zero-order valence-corrected chi connectivity index (χ0v) is 12.9. The number of rotatable bonds is 5. The van der Waals surface area contributed by atoms with Gasteiger partial charge in [0, 0.05) is 5.69 Å². The average Bonchev–Trinajstić information content (AvgIpc) is 2.91. The number of anilines is 1. The van der Waals surface area contributed by atoms with Crippen molar-refractivity contribution < 1.29 is 14.0 Å². The number of nitriles is 1. The van der Waals surface area contributed by atoms with Crippen molar-refractivity contribution in [2.45, 2.75) is 13.8 Å². The van der Waals surface area contributed by atoms with Crippen LogP contribution in [-0.4, -0.2) is 11.7 Å². The first-order valence-electron chi connectivity index (χ1n) is 7.05. The molecule has 0 saturated carbocycles. The van der Waals surface area contributed by atoms with E-state index in [-0.39, 0.29) is 0 Å². The summed E-state index contributed by atoms with van der Waals surface area (Å²) in [6.07, 6.45) is 2.63. The van der Waals surface area contributed by atoms with Crippen LogP contribution in [0.25, 0.3) is 6.08 Å². The summed E-state index contributed by atoms with van der Waals surface area (Å²) >= 11 is 0. The van der Waals surface area contributed by atoms with Crippen molar-refractivity contribution >= 4 is 23.5 Å². The molecule has 1 N–H and O–H groups in total. The van der Waals surface area contributed by atoms with E-state index in [0.29, 0.717) is 17.2 Å². The van der Waals surface area contributed by atoms with Crippen LogP contribution in [-0.2, 0) is 9.59 Å². The van der Waals surface area contributed by atoms with Crippen LogP contribution in [0.2, 0.25) is 0 Å². The number of allylic oxidation sites excluding steroid dienone is 1. The van der Waals surface area contributed by atoms with E-state index in [0.717, 1.165) is 5.56 Å². The SMILES string of the molecule is Cc1cccc(NC(=O)C(C#N)C(=O)/C=C/c2ccc(C)o2)c1. The van der Waals surface area contributed by atoms with Crippen LogP contribution >= 0.6 is 0 Å². The molecular weight excluding hydrogens is 292 g/mol. The highest BCUT2D eigenvalue weighted by Gasteiger charge is 2.24. The fraction of sp³-hybridized carbons (Fsp3) is 0.167. The summed E-state index contributed by atoms with van der Waals surface area (Å²) in [5.74, 6) is -1.43. The molecule has 5 heteroatoms. The monoisotopic (exact) mass is 308 g/mol. The molecule has 0 aliphatic heterocycles. The van der Waals surface area contributed by atoms with Crippen LogP contribution in [0, 0.1) is 31.1 Å². The summed E-state index contributed by atoms with van der Waals surface area (Å²) in [6, 6.07) is 12.3. The number of nitrogens with zero attached hydrogens (tertiary/aromatic N) is 1. The molecule has 1 heterocycles. The molecule has 0 fully saturated rings. The Balaban J connectivity index is 2.06. The van der Waals surface area contributed by atoms with Gasteiger partial charge in [0.05, 0.1) is 6.07 Å². The van der Waals surface area contributed by atoms with Crippen LogP contribution in [0.5, 0.6) is 0 Å². The first-order valence-corrected chi connectivity index (χ1v) is 7.05. The van der Waals surface area contributed by atoms with Crippen molar-refractivity contribution in [1.82, 2.24) is 0 Å². The van der Waals surface area contributed by atoms with E-state index in [4.69, 9.17) is 9.68 Å². The summed E-state index contributed by atoms with van der Waals surface area (Å²) in [5, 5.41) is 11.7. The Morgan fingerprint density at radius 1 is 1.26 bits per heavy atom. The summed E-state index contributed by atoms with van der Waals surface area (Å²) in [7, 11) is 0. The molecule has 1 aromatic carbocycles. The Morgan fingerprint density at radius 3 is 2.65 bits per heavy atom. The van der Waals surface area contributed by atoms with Gasteiger partial charge >= 0.3 is 0 Å². The lowest BCUT2D eigenvalue weighted by molar-refractivity contribution is -0.126. The van der Waals surface area contributed by atoms with E-state index in [1.54, 1.807) is 43.3 Å². The second kappa shape index (κ2) is 7.23. The quantitative estimate of drug-likeness (QED) is 0.679. The molecule has 2 aromatic rings. The molecule has 2 rings (SSSR count). The van der Waals surface area contributed by atoms with Crippen LogP contribution in [0.1, 0.15) is 17.1 Å². The molecule has 0 aliphatic carbocycles. The van der Waals surface area contributed by atoms with Crippen molar-refractivity contribution in [2.75, 3.05) is 5.32 Å². The second-order valence-electron chi connectivity index (χ2n) is 5.10. The highest BCUT2D eigenvalue weighted by atomic mass is 16.3. The average molecular weight is 308 g/mol. The lowest BCUT2D eigenvalue weighted by Crippen LogP contribution is -2.27. The van der Waals surface area contributed by atoms with Gasteiger partial charge in [-0.25, -0.2) is 0 Å². The maximum atomic E-state index is 12.1. The number of carbonyl (C=O) groups is 2. The summed E-state index contributed by atoms with van der Waals surface area (Å²) in [4.78, 5) is 24.1. The van der Waals surface area contributed by atoms with Crippen LogP contribution < -0.4 is 5.32 Å². The standard InChI is InChI=1S/C18H16N2O3/c1-12-4-3-5-14(10-12)20-18(22)16(11-19)17(21)9-8-15-7-6-13(2)23-15/h3-10,16H,1-2H3,(H,20,22)/b9-8+. The van der Waals surface area contributed by atoms with Gasteiger partial charge in [-0.15, -0.1) is 0 Å². The number of ketones is 1. The Labute approximate surface area is 134 Å². The van der Waals surface area contributed by atoms with Crippen molar-refractivity contribution in [3.8, 4) is 6.07 Å². The molecule has 0 saturated heterocycles. The first kappa shape index (κ1) is 16.2.